The van der Waals surface area contributed by atoms with Crippen LogP contribution < -0.4 is 10.6 Å². The molecule has 0 spiro atoms. The second-order valence-corrected chi connectivity index (χ2v) is 6.63. The number of carbonyl (C=O) groups excluding carboxylic acids is 1. The molecule has 2 fully saturated rings. The first kappa shape index (κ1) is 14.5. The predicted molar refractivity (Wildman–Crippen MR) is 79.3 cm³/mol. The Labute approximate surface area is 125 Å². The predicted octanol–water partition coefficient (Wildman–Crippen LogP) is 0.938. The Hall–Kier alpha value is -1.43. The quantitative estimate of drug-likeness (QED) is 0.818. The number of carbonyl (C=O) groups is 1. The van der Waals surface area contributed by atoms with Gasteiger partial charge < -0.3 is 10.6 Å². The van der Waals surface area contributed by atoms with Crippen molar-refractivity contribution in [3.8, 4) is 0 Å². The van der Waals surface area contributed by atoms with Gasteiger partial charge in [-0.2, -0.15) is 0 Å². The van der Waals surface area contributed by atoms with E-state index in [1.807, 2.05) is 13.2 Å². The molecule has 1 amide bonds. The molecule has 1 aromatic rings. The number of hydrogen-bond donors (Lipinski definition) is 2. The molecule has 0 radical (unpaired) electrons. The minimum Gasteiger partial charge on any atom is -0.352 e. The second-order valence-electron chi connectivity index (χ2n) is 6.63. The SMILES string of the molecule is CNCc1cn(CC(=O)NC(C)C2CC3CCC2C3)nn1. The summed E-state index contributed by atoms with van der Waals surface area (Å²) < 4.78 is 1.61. The third kappa shape index (κ3) is 3.26. The van der Waals surface area contributed by atoms with Crippen molar-refractivity contribution in [1.82, 2.24) is 25.6 Å². The van der Waals surface area contributed by atoms with Gasteiger partial charge in [-0.1, -0.05) is 11.6 Å². The molecule has 2 N–H and O–H groups in total. The van der Waals surface area contributed by atoms with Gasteiger partial charge in [0.25, 0.3) is 0 Å². The highest BCUT2D eigenvalue weighted by molar-refractivity contribution is 5.75. The summed E-state index contributed by atoms with van der Waals surface area (Å²) in [4.78, 5) is 12.1. The maximum absolute atomic E-state index is 12.1. The zero-order valence-electron chi connectivity index (χ0n) is 12.9. The Kier molecular flexibility index (Phi) is 4.24. The molecule has 2 aliphatic rings. The van der Waals surface area contributed by atoms with Gasteiger partial charge in [0, 0.05) is 12.6 Å². The molecule has 116 valence electrons. The first-order valence-corrected chi connectivity index (χ1v) is 7.98. The number of fused-ring (bicyclic) bond motifs is 2. The van der Waals surface area contributed by atoms with Crippen LogP contribution in [-0.4, -0.2) is 34.0 Å². The molecule has 2 saturated carbocycles. The Balaban J connectivity index is 1.49. The summed E-state index contributed by atoms with van der Waals surface area (Å²) >= 11 is 0. The standard InChI is InChI=1S/C15H25N5O/c1-10(14-6-11-3-4-12(14)5-11)17-15(21)9-20-8-13(7-16-2)18-19-20/h8,10-12,14,16H,3-7,9H2,1-2H3,(H,17,21). The van der Waals surface area contributed by atoms with Crippen LogP contribution in [0.4, 0.5) is 0 Å². The van der Waals surface area contributed by atoms with E-state index in [-0.39, 0.29) is 18.5 Å². The monoisotopic (exact) mass is 291 g/mol. The van der Waals surface area contributed by atoms with Crippen molar-refractivity contribution in [3.05, 3.63) is 11.9 Å². The molecule has 1 heterocycles. The topological polar surface area (TPSA) is 71.8 Å². The van der Waals surface area contributed by atoms with E-state index in [9.17, 15) is 4.79 Å². The number of amides is 1. The minimum absolute atomic E-state index is 0.0335. The van der Waals surface area contributed by atoms with Gasteiger partial charge in [-0.3, -0.25) is 4.79 Å². The van der Waals surface area contributed by atoms with Crippen LogP contribution in [0, 0.1) is 17.8 Å². The van der Waals surface area contributed by atoms with Gasteiger partial charge in [-0.15, -0.1) is 5.10 Å². The highest BCUT2D eigenvalue weighted by atomic mass is 16.2. The largest absolute Gasteiger partial charge is 0.352 e. The number of rotatable bonds is 6. The molecule has 0 saturated heterocycles. The summed E-state index contributed by atoms with van der Waals surface area (Å²) in [5.41, 5.74) is 0.853. The van der Waals surface area contributed by atoms with Gasteiger partial charge in [0.2, 0.25) is 5.91 Å². The molecule has 3 rings (SSSR count). The molecule has 6 heteroatoms. The van der Waals surface area contributed by atoms with Gasteiger partial charge in [-0.25, -0.2) is 4.68 Å². The summed E-state index contributed by atoms with van der Waals surface area (Å²) in [7, 11) is 1.86. The van der Waals surface area contributed by atoms with Crippen LogP contribution in [0.15, 0.2) is 6.20 Å². The number of nitrogens with zero attached hydrogens (tertiary/aromatic N) is 3. The fourth-order valence-corrected chi connectivity index (χ4v) is 4.14. The van der Waals surface area contributed by atoms with E-state index >= 15 is 0 Å². The molecular formula is C15H25N5O. The van der Waals surface area contributed by atoms with Crippen molar-refractivity contribution in [2.75, 3.05) is 7.05 Å². The summed E-state index contributed by atoms with van der Waals surface area (Å²) in [5, 5.41) is 14.2. The average molecular weight is 291 g/mol. The van der Waals surface area contributed by atoms with Crippen molar-refractivity contribution >= 4 is 5.91 Å². The number of aromatic nitrogens is 3. The van der Waals surface area contributed by atoms with E-state index in [1.54, 1.807) is 4.68 Å². The Bertz CT molecular complexity index is 500. The molecule has 2 bridgehead atoms. The molecule has 21 heavy (non-hydrogen) atoms. The minimum atomic E-state index is 0.0335. The van der Waals surface area contributed by atoms with Crippen LogP contribution in [0.1, 0.15) is 38.3 Å². The van der Waals surface area contributed by atoms with Gasteiger partial charge in [0.05, 0.1) is 11.9 Å². The zero-order chi connectivity index (χ0) is 14.8. The lowest BCUT2D eigenvalue weighted by atomic mass is 9.84. The van der Waals surface area contributed by atoms with E-state index in [0.717, 1.165) is 17.5 Å². The van der Waals surface area contributed by atoms with Crippen LogP contribution in [0.2, 0.25) is 0 Å². The summed E-state index contributed by atoms with van der Waals surface area (Å²) in [6.07, 6.45) is 7.24. The van der Waals surface area contributed by atoms with Crippen LogP contribution in [-0.2, 0) is 17.9 Å². The number of hydrogen-bond acceptors (Lipinski definition) is 4. The van der Waals surface area contributed by atoms with E-state index < -0.39 is 0 Å². The van der Waals surface area contributed by atoms with Gasteiger partial charge in [0.1, 0.15) is 6.54 Å². The van der Waals surface area contributed by atoms with E-state index in [0.29, 0.717) is 12.5 Å². The van der Waals surface area contributed by atoms with Crippen LogP contribution in [0.25, 0.3) is 0 Å². The van der Waals surface area contributed by atoms with Crippen molar-refractivity contribution in [1.29, 1.82) is 0 Å². The van der Waals surface area contributed by atoms with Crippen LogP contribution in [0.5, 0.6) is 0 Å². The lowest BCUT2D eigenvalue weighted by Crippen LogP contribution is -2.41. The fraction of sp³-hybridized carbons (Fsp3) is 0.800. The van der Waals surface area contributed by atoms with Crippen LogP contribution >= 0.6 is 0 Å². The van der Waals surface area contributed by atoms with Crippen molar-refractivity contribution < 1.29 is 4.79 Å². The normalized spacial score (nSPS) is 28.8. The Morgan fingerprint density at radius 3 is 3.00 bits per heavy atom. The van der Waals surface area contributed by atoms with Crippen molar-refractivity contribution in [3.63, 3.8) is 0 Å². The van der Waals surface area contributed by atoms with E-state index in [2.05, 4.69) is 27.9 Å². The Morgan fingerprint density at radius 2 is 2.33 bits per heavy atom. The summed E-state index contributed by atoms with van der Waals surface area (Å²) in [5.74, 6) is 2.45. The summed E-state index contributed by atoms with van der Waals surface area (Å²) in [6, 6.07) is 0.271. The number of nitrogens with one attached hydrogen (secondary N) is 2. The maximum atomic E-state index is 12.1. The molecular weight excluding hydrogens is 266 g/mol. The third-order valence-electron chi connectivity index (χ3n) is 5.07. The van der Waals surface area contributed by atoms with Gasteiger partial charge >= 0.3 is 0 Å². The Morgan fingerprint density at radius 1 is 1.48 bits per heavy atom. The third-order valence-corrected chi connectivity index (χ3v) is 5.07. The lowest BCUT2D eigenvalue weighted by molar-refractivity contribution is -0.123. The molecule has 1 aromatic heterocycles. The molecule has 0 aromatic carbocycles. The second kappa shape index (κ2) is 6.13. The fourth-order valence-electron chi connectivity index (χ4n) is 4.14. The first-order valence-electron chi connectivity index (χ1n) is 7.98. The van der Waals surface area contributed by atoms with Crippen molar-refractivity contribution in [2.24, 2.45) is 17.8 Å². The highest BCUT2D eigenvalue weighted by Crippen LogP contribution is 2.49. The highest BCUT2D eigenvalue weighted by Gasteiger charge is 2.42. The summed E-state index contributed by atoms with van der Waals surface area (Å²) in [6.45, 7) is 3.07. The first-order chi connectivity index (χ1) is 10.2. The average Bonchev–Trinajstić information content (AvgIpc) is 3.15. The van der Waals surface area contributed by atoms with Crippen LogP contribution in [0.3, 0.4) is 0 Å². The van der Waals surface area contributed by atoms with E-state index in [4.69, 9.17) is 0 Å². The molecule has 2 aliphatic carbocycles. The zero-order valence-corrected chi connectivity index (χ0v) is 12.9. The molecule has 4 unspecified atom stereocenters. The van der Waals surface area contributed by atoms with Gasteiger partial charge in [-0.05, 0) is 51.0 Å². The lowest BCUT2D eigenvalue weighted by Gasteiger charge is -2.28. The molecule has 4 atom stereocenters. The van der Waals surface area contributed by atoms with Crippen molar-refractivity contribution in [2.45, 2.75) is 51.7 Å². The molecule has 6 nitrogen and oxygen atoms in total. The van der Waals surface area contributed by atoms with E-state index in [1.165, 1.54) is 25.7 Å². The smallest absolute Gasteiger partial charge is 0.242 e. The maximum Gasteiger partial charge on any atom is 0.242 e. The van der Waals surface area contributed by atoms with Gasteiger partial charge in [0.15, 0.2) is 0 Å². The molecule has 0 aliphatic heterocycles.